The van der Waals surface area contributed by atoms with E-state index in [2.05, 4.69) is 0 Å². The number of nitrogens with two attached hydrogens (primary N) is 1. The Balaban J connectivity index is 2.41. The Morgan fingerprint density at radius 1 is 1.24 bits per heavy atom. The molecule has 0 heterocycles. The second-order valence-corrected chi connectivity index (χ2v) is 6.86. The average molecular weight is 325 g/mol. The number of halogens is 1. The molecule has 0 saturated heterocycles. The van der Waals surface area contributed by atoms with Crippen molar-refractivity contribution in [3.8, 4) is 11.5 Å². The number of rotatable bonds is 4. The number of nitrogens with one attached hydrogen (secondary N) is 1. The van der Waals surface area contributed by atoms with Gasteiger partial charge in [-0.1, -0.05) is 17.7 Å². The van der Waals surface area contributed by atoms with Crippen LogP contribution in [0.15, 0.2) is 47.4 Å². The van der Waals surface area contributed by atoms with Crippen LogP contribution in [0.3, 0.4) is 0 Å². The van der Waals surface area contributed by atoms with Crippen LogP contribution in [0.25, 0.3) is 0 Å². The van der Waals surface area contributed by atoms with Gasteiger partial charge in [-0.25, -0.2) is 8.42 Å². The summed E-state index contributed by atoms with van der Waals surface area (Å²) in [5.74, 6) is 0.479. The highest BCUT2D eigenvalue weighted by Gasteiger charge is 2.11. The van der Waals surface area contributed by atoms with Gasteiger partial charge in [0.1, 0.15) is 17.3 Å². The van der Waals surface area contributed by atoms with Crippen LogP contribution >= 0.6 is 11.6 Å². The smallest absolute Gasteiger partial charge is 0.175 e. The van der Waals surface area contributed by atoms with E-state index in [0.29, 0.717) is 22.1 Å². The molecule has 7 heteroatoms. The molecular weight excluding hydrogens is 312 g/mol. The molecule has 0 bridgehead atoms. The Morgan fingerprint density at radius 2 is 1.95 bits per heavy atom. The molecular formula is C14H13ClN2O3S. The highest BCUT2D eigenvalue weighted by Crippen LogP contribution is 2.28. The zero-order chi connectivity index (χ0) is 15.6. The molecule has 0 fully saturated rings. The lowest BCUT2D eigenvalue weighted by atomic mass is 10.2. The van der Waals surface area contributed by atoms with E-state index in [1.165, 1.54) is 18.2 Å². The Kier molecular flexibility index (Phi) is 4.20. The van der Waals surface area contributed by atoms with E-state index in [1.54, 1.807) is 24.3 Å². The van der Waals surface area contributed by atoms with Crippen molar-refractivity contribution in [1.29, 1.82) is 5.41 Å². The summed E-state index contributed by atoms with van der Waals surface area (Å²) in [6, 6.07) is 10.8. The van der Waals surface area contributed by atoms with Crippen molar-refractivity contribution in [2.24, 2.45) is 5.73 Å². The third kappa shape index (κ3) is 3.74. The SMILES string of the molecule is CS(=O)(=O)c1cccc(Oc2ccc(Cl)cc2C(=N)N)c1. The Hall–Kier alpha value is -2.05. The van der Waals surface area contributed by atoms with E-state index in [-0.39, 0.29) is 10.7 Å². The number of amidine groups is 1. The first-order valence-electron chi connectivity index (χ1n) is 5.89. The molecule has 0 aromatic heterocycles. The van der Waals surface area contributed by atoms with Crippen LogP contribution in [0.2, 0.25) is 5.02 Å². The minimum absolute atomic E-state index is 0.151. The third-order valence-corrected chi connectivity index (χ3v) is 4.04. The van der Waals surface area contributed by atoms with Crippen molar-refractivity contribution in [3.05, 3.63) is 53.1 Å². The average Bonchev–Trinajstić information content (AvgIpc) is 2.40. The summed E-state index contributed by atoms with van der Waals surface area (Å²) in [5, 5.41) is 7.95. The monoisotopic (exact) mass is 324 g/mol. The molecule has 5 nitrogen and oxygen atoms in total. The van der Waals surface area contributed by atoms with E-state index >= 15 is 0 Å². The van der Waals surface area contributed by atoms with Crippen molar-refractivity contribution in [1.82, 2.24) is 0 Å². The molecule has 0 atom stereocenters. The number of hydrogen-bond donors (Lipinski definition) is 2. The van der Waals surface area contributed by atoms with Crippen LogP contribution in [0, 0.1) is 5.41 Å². The molecule has 0 aliphatic heterocycles. The number of nitrogen functional groups attached to an aromatic ring is 1. The van der Waals surface area contributed by atoms with Gasteiger partial charge in [0.2, 0.25) is 0 Å². The summed E-state index contributed by atoms with van der Waals surface area (Å²) in [6.45, 7) is 0. The molecule has 21 heavy (non-hydrogen) atoms. The quantitative estimate of drug-likeness (QED) is 0.668. The fourth-order valence-electron chi connectivity index (χ4n) is 1.70. The number of sulfone groups is 1. The maximum Gasteiger partial charge on any atom is 0.175 e. The molecule has 0 amide bonds. The molecule has 0 radical (unpaired) electrons. The maximum atomic E-state index is 11.5. The van der Waals surface area contributed by atoms with Crippen LogP contribution in [0.1, 0.15) is 5.56 Å². The first-order chi connectivity index (χ1) is 9.77. The van der Waals surface area contributed by atoms with Crippen LogP contribution in [0.5, 0.6) is 11.5 Å². The van der Waals surface area contributed by atoms with Gasteiger partial charge >= 0.3 is 0 Å². The van der Waals surface area contributed by atoms with Gasteiger partial charge in [0.05, 0.1) is 10.5 Å². The lowest BCUT2D eigenvalue weighted by molar-refractivity contribution is 0.479. The lowest BCUT2D eigenvalue weighted by Gasteiger charge is -2.11. The van der Waals surface area contributed by atoms with Crippen molar-refractivity contribution < 1.29 is 13.2 Å². The maximum absolute atomic E-state index is 11.5. The van der Waals surface area contributed by atoms with Crippen molar-refractivity contribution >= 4 is 27.3 Å². The summed E-state index contributed by atoms with van der Waals surface area (Å²) >= 11 is 5.86. The van der Waals surface area contributed by atoms with Crippen molar-refractivity contribution in [2.45, 2.75) is 4.90 Å². The molecule has 110 valence electrons. The summed E-state index contributed by atoms with van der Waals surface area (Å²) in [6.07, 6.45) is 1.12. The summed E-state index contributed by atoms with van der Waals surface area (Å²) in [4.78, 5) is 0.151. The Morgan fingerprint density at radius 3 is 2.57 bits per heavy atom. The normalized spacial score (nSPS) is 11.1. The standard InChI is InChI=1S/C14H13ClN2O3S/c1-21(18,19)11-4-2-3-10(8-11)20-13-6-5-9(15)7-12(13)14(16)17/h2-8H,1H3,(H3,16,17). The van der Waals surface area contributed by atoms with E-state index in [9.17, 15) is 8.42 Å². The summed E-state index contributed by atoms with van der Waals surface area (Å²) in [7, 11) is -3.32. The van der Waals surface area contributed by atoms with Gasteiger partial charge < -0.3 is 10.5 Å². The second kappa shape index (κ2) is 5.75. The van der Waals surface area contributed by atoms with Gasteiger partial charge in [0.15, 0.2) is 9.84 Å². The van der Waals surface area contributed by atoms with Gasteiger partial charge in [-0.15, -0.1) is 0 Å². The lowest BCUT2D eigenvalue weighted by Crippen LogP contribution is -2.12. The predicted octanol–water partition coefficient (Wildman–Crippen LogP) is 2.82. The molecule has 3 N–H and O–H groups in total. The number of benzene rings is 2. The predicted molar refractivity (Wildman–Crippen MR) is 82.1 cm³/mol. The van der Waals surface area contributed by atoms with E-state index in [1.807, 2.05) is 0 Å². The Bertz CT molecular complexity index is 804. The van der Waals surface area contributed by atoms with Gasteiger partial charge in [-0.3, -0.25) is 5.41 Å². The van der Waals surface area contributed by atoms with Crippen LogP contribution < -0.4 is 10.5 Å². The zero-order valence-electron chi connectivity index (χ0n) is 11.1. The fourth-order valence-corrected chi connectivity index (χ4v) is 2.53. The molecule has 2 aromatic rings. The molecule has 2 aromatic carbocycles. The zero-order valence-corrected chi connectivity index (χ0v) is 12.7. The molecule has 0 aliphatic carbocycles. The minimum atomic E-state index is -3.32. The first-order valence-corrected chi connectivity index (χ1v) is 8.16. The topological polar surface area (TPSA) is 93.2 Å². The van der Waals surface area contributed by atoms with Crippen LogP contribution in [0.4, 0.5) is 0 Å². The van der Waals surface area contributed by atoms with Gasteiger partial charge in [0, 0.05) is 11.3 Å². The van der Waals surface area contributed by atoms with Gasteiger partial charge in [-0.2, -0.15) is 0 Å². The van der Waals surface area contributed by atoms with Crippen LogP contribution in [-0.2, 0) is 9.84 Å². The molecule has 0 spiro atoms. The highest BCUT2D eigenvalue weighted by atomic mass is 35.5. The highest BCUT2D eigenvalue weighted by molar-refractivity contribution is 7.90. The second-order valence-electron chi connectivity index (χ2n) is 4.40. The minimum Gasteiger partial charge on any atom is -0.457 e. The van der Waals surface area contributed by atoms with Crippen LogP contribution in [-0.4, -0.2) is 20.5 Å². The molecule has 0 aliphatic rings. The number of ether oxygens (including phenoxy) is 1. The molecule has 0 unspecified atom stereocenters. The van der Waals surface area contributed by atoms with Crippen molar-refractivity contribution in [2.75, 3.05) is 6.26 Å². The molecule has 0 saturated carbocycles. The largest absolute Gasteiger partial charge is 0.457 e. The van der Waals surface area contributed by atoms with E-state index < -0.39 is 9.84 Å². The fraction of sp³-hybridized carbons (Fsp3) is 0.0714. The Labute approximate surface area is 127 Å². The first kappa shape index (κ1) is 15.3. The van der Waals surface area contributed by atoms with Crippen molar-refractivity contribution in [3.63, 3.8) is 0 Å². The van der Waals surface area contributed by atoms with Gasteiger partial charge in [0.25, 0.3) is 0 Å². The third-order valence-electron chi connectivity index (χ3n) is 2.69. The van der Waals surface area contributed by atoms with E-state index in [4.69, 9.17) is 27.5 Å². The summed E-state index contributed by atoms with van der Waals surface area (Å²) < 4.78 is 28.7. The molecule has 2 rings (SSSR count). The number of hydrogen-bond acceptors (Lipinski definition) is 4. The summed E-state index contributed by atoms with van der Waals surface area (Å²) in [5.41, 5.74) is 5.83. The van der Waals surface area contributed by atoms with E-state index in [0.717, 1.165) is 6.26 Å². The van der Waals surface area contributed by atoms with Gasteiger partial charge in [-0.05, 0) is 36.4 Å².